The third-order valence-corrected chi connectivity index (χ3v) is 2.28. The van der Waals surface area contributed by atoms with E-state index in [1.807, 2.05) is 13.1 Å². The van der Waals surface area contributed by atoms with E-state index in [0.717, 1.165) is 11.3 Å². The Morgan fingerprint density at radius 2 is 2.40 bits per heavy atom. The second-order valence-electron chi connectivity index (χ2n) is 3.29. The van der Waals surface area contributed by atoms with Crippen LogP contribution in [0, 0.1) is 6.92 Å². The number of rotatable bonds is 2. The molecular weight excluding hydrogens is 192 g/mol. The molecule has 0 aliphatic heterocycles. The summed E-state index contributed by atoms with van der Waals surface area (Å²) in [7, 11) is 0. The number of nitrogens with zero attached hydrogens (tertiary/aromatic N) is 2. The third kappa shape index (κ3) is 1.40. The number of aryl methyl sites for hydroxylation is 1. The summed E-state index contributed by atoms with van der Waals surface area (Å²) >= 11 is 0. The van der Waals surface area contributed by atoms with Crippen molar-refractivity contribution in [2.75, 3.05) is 0 Å². The van der Waals surface area contributed by atoms with Gasteiger partial charge in [0.2, 0.25) is 0 Å². The fraction of sp³-hybridized carbons (Fsp3) is 0.0909. The average Bonchev–Trinajstić information content (AvgIpc) is 2.59. The van der Waals surface area contributed by atoms with Crippen LogP contribution in [0.25, 0.3) is 11.7 Å². The Morgan fingerprint density at radius 1 is 1.67 bits per heavy atom. The van der Waals surface area contributed by atoms with E-state index < -0.39 is 5.97 Å². The van der Waals surface area contributed by atoms with Gasteiger partial charge < -0.3 is 9.51 Å². The first-order valence-corrected chi connectivity index (χ1v) is 4.47. The summed E-state index contributed by atoms with van der Waals surface area (Å²) in [6, 6.07) is 1.57. The second kappa shape index (κ2) is 3.24. The number of carboxylic acids is 1. The fourth-order valence-electron chi connectivity index (χ4n) is 1.49. The van der Waals surface area contributed by atoms with E-state index in [4.69, 9.17) is 5.11 Å². The summed E-state index contributed by atoms with van der Waals surface area (Å²) in [5.74, 6) is -0.977. The number of hydrogen-bond acceptors (Lipinski definition) is 2. The minimum atomic E-state index is -0.977. The minimum absolute atomic E-state index is 0.195. The molecule has 0 radical (unpaired) electrons. The van der Waals surface area contributed by atoms with Crippen molar-refractivity contribution in [1.29, 1.82) is 0 Å². The lowest BCUT2D eigenvalue weighted by Gasteiger charge is -2.02. The van der Waals surface area contributed by atoms with Crippen LogP contribution < -0.4 is 0 Å². The van der Waals surface area contributed by atoms with E-state index in [0.29, 0.717) is 5.65 Å². The van der Waals surface area contributed by atoms with Crippen molar-refractivity contribution < 1.29 is 9.90 Å². The highest BCUT2D eigenvalue weighted by Gasteiger charge is 2.12. The minimum Gasteiger partial charge on any atom is -0.478 e. The SMILES string of the molecule is C=Cc1cc(C(=O)O)c2ncc(C)n2c1. The fourth-order valence-corrected chi connectivity index (χ4v) is 1.49. The van der Waals surface area contributed by atoms with Gasteiger partial charge in [0.25, 0.3) is 0 Å². The topological polar surface area (TPSA) is 54.6 Å². The van der Waals surface area contributed by atoms with Crippen molar-refractivity contribution in [3.05, 3.63) is 41.9 Å². The van der Waals surface area contributed by atoms with E-state index in [-0.39, 0.29) is 5.56 Å². The first-order chi connectivity index (χ1) is 7.13. The molecule has 0 aliphatic carbocycles. The summed E-state index contributed by atoms with van der Waals surface area (Å²) in [4.78, 5) is 15.1. The van der Waals surface area contributed by atoms with Gasteiger partial charge in [-0.05, 0) is 18.6 Å². The molecule has 0 saturated heterocycles. The van der Waals surface area contributed by atoms with Gasteiger partial charge >= 0.3 is 5.97 Å². The quantitative estimate of drug-likeness (QED) is 0.810. The van der Waals surface area contributed by atoms with Crippen molar-refractivity contribution >= 4 is 17.7 Å². The second-order valence-corrected chi connectivity index (χ2v) is 3.29. The van der Waals surface area contributed by atoms with Crippen molar-refractivity contribution in [1.82, 2.24) is 9.38 Å². The van der Waals surface area contributed by atoms with Gasteiger partial charge in [-0.1, -0.05) is 12.7 Å². The molecule has 0 amide bonds. The first kappa shape index (κ1) is 9.45. The molecule has 2 aromatic rings. The van der Waals surface area contributed by atoms with Crippen LogP contribution in [0.3, 0.4) is 0 Å². The molecule has 2 aromatic heterocycles. The molecule has 15 heavy (non-hydrogen) atoms. The zero-order valence-electron chi connectivity index (χ0n) is 8.27. The number of carboxylic acid groups (broad SMARTS) is 1. The van der Waals surface area contributed by atoms with Crippen LogP contribution >= 0.6 is 0 Å². The summed E-state index contributed by atoms with van der Waals surface area (Å²) in [5, 5.41) is 9.02. The van der Waals surface area contributed by atoms with Crippen LogP contribution in [0.5, 0.6) is 0 Å². The van der Waals surface area contributed by atoms with E-state index >= 15 is 0 Å². The third-order valence-electron chi connectivity index (χ3n) is 2.28. The van der Waals surface area contributed by atoms with Gasteiger partial charge in [-0.2, -0.15) is 0 Å². The molecule has 0 bridgehead atoms. The van der Waals surface area contributed by atoms with Gasteiger partial charge in [0, 0.05) is 18.1 Å². The lowest BCUT2D eigenvalue weighted by Crippen LogP contribution is -2.02. The summed E-state index contributed by atoms with van der Waals surface area (Å²) in [5.41, 5.74) is 2.32. The standard InChI is InChI=1S/C11H10N2O2/c1-3-8-4-9(11(14)15)10-12-5-7(2)13(10)6-8/h3-6H,1H2,2H3,(H,14,15). The van der Waals surface area contributed by atoms with Gasteiger partial charge in [0.05, 0.1) is 0 Å². The highest BCUT2D eigenvalue weighted by Crippen LogP contribution is 2.15. The number of fused-ring (bicyclic) bond motifs is 1. The van der Waals surface area contributed by atoms with Gasteiger partial charge in [-0.3, -0.25) is 0 Å². The highest BCUT2D eigenvalue weighted by molar-refractivity contribution is 5.95. The molecule has 0 saturated carbocycles. The van der Waals surface area contributed by atoms with Crippen LogP contribution in [-0.2, 0) is 0 Å². The summed E-state index contributed by atoms with van der Waals surface area (Å²) in [6.07, 6.45) is 5.08. The number of imidazole rings is 1. The summed E-state index contributed by atoms with van der Waals surface area (Å²) < 4.78 is 1.75. The molecule has 4 nitrogen and oxygen atoms in total. The summed E-state index contributed by atoms with van der Waals surface area (Å²) in [6.45, 7) is 5.50. The molecule has 0 atom stereocenters. The van der Waals surface area contributed by atoms with Crippen molar-refractivity contribution in [3.8, 4) is 0 Å². The predicted molar refractivity (Wildman–Crippen MR) is 57.0 cm³/mol. The lowest BCUT2D eigenvalue weighted by molar-refractivity contribution is 0.0698. The van der Waals surface area contributed by atoms with E-state index in [1.54, 1.807) is 22.7 Å². The van der Waals surface area contributed by atoms with Gasteiger partial charge in [-0.25, -0.2) is 9.78 Å². The molecule has 4 heteroatoms. The molecule has 1 N–H and O–H groups in total. The molecule has 0 fully saturated rings. The highest BCUT2D eigenvalue weighted by atomic mass is 16.4. The van der Waals surface area contributed by atoms with E-state index in [9.17, 15) is 4.79 Å². The zero-order valence-corrected chi connectivity index (χ0v) is 8.27. The average molecular weight is 202 g/mol. The number of pyridine rings is 1. The van der Waals surface area contributed by atoms with Crippen LogP contribution in [0.2, 0.25) is 0 Å². The Kier molecular flexibility index (Phi) is 2.04. The molecule has 0 aliphatic rings. The number of aromatic carboxylic acids is 1. The number of aromatic nitrogens is 2. The van der Waals surface area contributed by atoms with Gasteiger partial charge in [0.1, 0.15) is 5.56 Å². The zero-order chi connectivity index (χ0) is 11.0. The maximum Gasteiger partial charge on any atom is 0.339 e. The first-order valence-electron chi connectivity index (χ1n) is 4.47. The van der Waals surface area contributed by atoms with Crippen molar-refractivity contribution in [2.24, 2.45) is 0 Å². The normalized spacial score (nSPS) is 10.5. The van der Waals surface area contributed by atoms with Crippen LogP contribution in [0.1, 0.15) is 21.6 Å². The smallest absolute Gasteiger partial charge is 0.339 e. The molecule has 0 spiro atoms. The maximum atomic E-state index is 11.0. The monoisotopic (exact) mass is 202 g/mol. The molecule has 0 unspecified atom stereocenters. The largest absolute Gasteiger partial charge is 0.478 e. The van der Waals surface area contributed by atoms with Gasteiger partial charge in [-0.15, -0.1) is 0 Å². The van der Waals surface area contributed by atoms with Crippen LogP contribution in [0.4, 0.5) is 0 Å². The molecule has 76 valence electrons. The number of carbonyl (C=O) groups is 1. The van der Waals surface area contributed by atoms with Crippen LogP contribution in [0.15, 0.2) is 25.0 Å². The van der Waals surface area contributed by atoms with Crippen LogP contribution in [-0.4, -0.2) is 20.5 Å². The Hall–Kier alpha value is -2.10. The number of hydrogen-bond donors (Lipinski definition) is 1. The molecule has 2 heterocycles. The Morgan fingerprint density at radius 3 is 3.00 bits per heavy atom. The van der Waals surface area contributed by atoms with Gasteiger partial charge in [0.15, 0.2) is 5.65 Å². The van der Waals surface area contributed by atoms with Crippen molar-refractivity contribution in [2.45, 2.75) is 6.92 Å². The molecule has 0 aromatic carbocycles. The Bertz CT molecular complexity index is 555. The molecular formula is C11H10N2O2. The lowest BCUT2D eigenvalue weighted by atomic mass is 10.2. The van der Waals surface area contributed by atoms with Crippen molar-refractivity contribution in [3.63, 3.8) is 0 Å². The maximum absolute atomic E-state index is 11.0. The van der Waals surface area contributed by atoms with E-state index in [1.165, 1.54) is 0 Å². The predicted octanol–water partition coefficient (Wildman–Crippen LogP) is 1.98. The molecule has 2 rings (SSSR count). The Labute approximate surface area is 86.5 Å². The van der Waals surface area contributed by atoms with E-state index in [2.05, 4.69) is 11.6 Å². The Balaban J connectivity index is 2.88.